The van der Waals surface area contributed by atoms with Crippen molar-refractivity contribution in [2.45, 2.75) is 6.54 Å². The third-order valence-electron chi connectivity index (χ3n) is 2.44. The Morgan fingerprint density at radius 3 is 2.58 bits per heavy atom. The first-order valence-corrected chi connectivity index (χ1v) is 6.06. The van der Waals surface area contributed by atoms with Crippen molar-refractivity contribution >= 4 is 23.3 Å². The monoisotopic (exact) mass is 278 g/mol. The molecule has 2 amide bonds. The molecule has 0 atom stereocenters. The van der Waals surface area contributed by atoms with Crippen LogP contribution in [0.2, 0.25) is 5.02 Å². The van der Waals surface area contributed by atoms with Gasteiger partial charge in [-0.3, -0.25) is 0 Å². The Balaban J connectivity index is 1.86. The quantitative estimate of drug-likeness (QED) is 0.881. The lowest BCUT2D eigenvalue weighted by Crippen LogP contribution is -2.28. The van der Waals surface area contributed by atoms with Crippen molar-refractivity contribution in [2.75, 3.05) is 5.32 Å². The molecule has 0 radical (unpaired) electrons. The number of amides is 2. The summed E-state index contributed by atoms with van der Waals surface area (Å²) in [6.07, 6.45) is 0. The van der Waals surface area contributed by atoms with Crippen LogP contribution in [0.15, 0.2) is 48.5 Å². The highest BCUT2D eigenvalue weighted by atomic mass is 35.5. The Morgan fingerprint density at radius 1 is 1.16 bits per heavy atom. The average Bonchev–Trinajstić information content (AvgIpc) is 2.39. The summed E-state index contributed by atoms with van der Waals surface area (Å²) in [5, 5.41) is 5.89. The van der Waals surface area contributed by atoms with Gasteiger partial charge in [0.2, 0.25) is 0 Å². The molecule has 0 unspecified atom stereocenters. The van der Waals surface area contributed by atoms with E-state index in [2.05, 4.69) is 10.6 Å². The Morgan fingerprint density at radius 2 is 1.89 bits per heavy atom. The standard InChI is InChI=1S/C14H12ClFN2O/c15-11-4-6-13(7-5-11)18-14(19)17-9-10-2-1-3-12(16)8-10/h1-8H,9H2,(H2,17,18,19). The summed E-state index contributed by atoms with van der Waals surface area (Å²) in [5.74, 6) is -0.322. The summed E-state index contributed by atoms with van der Waals surface area (Å²) in [4.78, 5) is 11.6. The van der Waals surface area contributed by atoms with Crippen molar-refractivity contribution in [2.24, 2.45) is 0 Å². The minimum absolute atomic E-state index is 0.261. The van der Waals surface area contributed by atoms with Crippen LogP contribution in [0, 0.1) is 5.82 Å². The SMILES string of the molecule is O=C(NCc1cccc(F)c1)Nc1ccc(Cl)cc1. The van der Waals surface area contributed by atoms with Gasteiger partial charge < -0.3 is 10.6 Å². The van der Waals surface area contributed by atoms with Crippen molar-refractivity contribution in [3.05, 3.63) is 64.9 Å². The van der Waals surface area contributed by atoms with Gasteiger partial charge in [0.15, 0.2) is 0 Å². The zero-order valence-electron chi connectivity index (χ0n) is 9.99. The largest absolute Gasteiger partial charge is 0.334 e. The fourth-order valence-electron chi connectivity index (χ4n) is 1.54. The third kappa shape index (κ3) is 4.26. The summed E-state index contributed by atoms with van der Waals surface area (Å²) in [7, 11) is 0. The Bertz CT molecular complexity index is 572. The number of urea groups is 1. The number of halogens is 2. The average molecular weight is 279 g/mol. The van der Waals surface area contributed by atoms with Crippen molar-refractivity contribution in [3.63, 3.8) is 0 Å². The predicted octanol–water partition coefficient (Wildman–Crippen LogP) is 3.80. The van der Waals surface area contributed by atoms with Crippen molar-refractivity contribution in [3.8, 4) is 0 Å². The zero-order chi connectivity index (χ0) is 13.7. The first-order valence-electron chi connectivity index (χ1n) is 5.68. The van der Waals surface area contributed by atoms with E-state index in [9.17, 15) is 9.18 Å². The number of carbonyl (C=O) groups is 1. The molecule has 0 aliphatic rings. The Labute approximate surface area is 115 Å². The van der Waals surface area contributed by atoms with Crippen molar-refractivity contribution in [1.82, 2.24) is 5.32 Å². The molecular formula is C14H12ClFN2O. The van der Waals surface area contributed by atoms with Gasteiger partial charge in [0.25, 0.3) is 0 Å². The van der Waals surface area contributed by atoms with E-state index in [4.69, 9.17) is 11.6 Å². The van der Waals surface area contributed by atoms with Gasteiger partial charge >= 0.3 is 6.03 Å². The van der Waals surface area contributed by atoms with E-state index in [1.54, 1.807) is 36.4 Å². The second kappa shape index (κ2) is 6.20. The first-order chi connectivity index (χ1) is 9.13. The van der Waals surface area contributed by atoms with Crippen LogP contribution in [0.25, 0.3) is 0 Å². The number of carbonyl (C=O) groups excluding carboxylic acids is 1. The second-order valence-corrected chi connectivity index (χ2v) is 4.38. The van der Waals surface area contributed by atoms with Gasteiger partial charge in [0.1, 0.15) is 5.82 Å². The number of anilines is 1. The first kappa shape index (κ1) is 13.4. The Hall–Kier alpha value is -2.07. The maximum atomic E-state index is 12.9. The molecule has 5 heteroatoms. The van der Waals surface area contributed by atoms with E-state index in [1.807, 2.05) is 0 Å². The van der Waals surface area contributed by atoms with Crippen LogP contribution in [0.5, 0.6) is 0 Å². The van der Waals surface area contributed by atoms with Crippen LogP contribution in [0.1, 0.15) is 5.56 Å². The zero-order valence-corrected chi connectivity index (χ0v) is 10.7. The second-order valence-electron chi connectivity index (χ2n) is 3.94. The molecule has 0 saturated carbocycles. The highest BCUT2D eigenvalue weighted by Crippen LogP contribution is 2.13. The van der Waals surface area contributed by atoms with E-state index in [0.29, 0.717) is 16.3 Å². The van der Waals surface area contributed by atoms with Gasteiger partial charge in [0.05, 0.1) is 0 Å². The topological polar surface area (TPSA) is 41.1 Å². The van der Waals surface area contributed by atoms with Gasteiger partial charge in [-0.2, -0.15) is 0 Å². The smallest absolute Gasteiger partial charge is 0.319 e. The van der Waals surface area contributed by atoms with Crippen LogP contribution >= 0.6 is 11.6 Å². The summed E-state index contributed by atoms with van der Waals surface area (Å²) >= 11 is 5.74. The van der Waals surface area contributed by atoms with Gasteiger partial charge in [-0.05, 0) is 42.0 Å². The van der Waals surface area contributed by atoms with Crippen LogP contribution < -0.4 is 10.6 Å². The number of benzene rings is 2. The molecule has 2 aromatic carbocycles. The number of rotatable bonds is 3. The van der Waals surface area contributed by atoms with Gasteiger partial charge in [-0.25, -0.2) is 9.18 Å². The van der Waals surface area contributed by atoms with Gasteiger partial charge in [-0.15, -0.1) is 0 Å². The van der Waals surface area contributed by atoms with Gasteiger partial charge in [-0.1, -0.05) is 23.7 Å². The Kier molecular flexibility index (Phi) is 4.36. The molecule has 0 fully saturated rings. The highest BCUT2D eigenvalue weighted by Gasteiger charge is 2.02. The maximum absolute atomic E-state index is 12.9. The molecule has 2 aromatic rings. The van der Waals surface area contributed by atoms with E-state index < -0.39 is 0 Å². The minimum Gasteiger partial charge on any atom is -0.334 e. The summed E-state index contributed by atoms with van der Waals surface area (Å²) < 4.78 is 12.9. The minimum atomic E-state index is -0.355. The van der Waals surface area contributed by atoms with E-state index >= 15 is 0 Å². The fourth-order valence-corrected chi connectivity index (χ4v) is 1.66. The van der Waals surface area contributed by atoms with E-state index in [0.717, 1.165) is 0 Å². The molecule has 0 aliphatic heterocycles. The molecule has 0 bridgehead atoms. The lowest BCUT2D eigenvalue weighted by atomic mass is 10.2. The maximum Gasteiger partial charge on any atom is 0.319 e. The predicted molar refractivity (Wildman–Crippen MR) is 73.7 cm³/mol. The number of nitrogens with one attached hydrogen (secondary N) is 2. The molecule has 19 heavy (non-hydrogen) atoms. The van der Waals surface area contributed by atoms with Gasteiger partial charge in [0, 0.05) is 17.3 Å². The summed E-state index contributed by atoms with van der Waals surface area (Å²) in [5.41, 5.74) is 1.34. The van der Waals surface area contributed by atoms with Crippen LogP contribution in [-0.2, 0) is 6.54 Å². The van der Waals surface area contributed by atoms with Crippen LogP contribution in [0.4, 0.5) is 14.9 Å². The van der Waals surface area contributed by atoms with Crippen molar-refractivity contribution in [1.29, 1.82) is 0 Å². The van der Waals surface area contributed by atoms with E-state index in [1.165, 1.54) is 12.1 Å². The van der Waals surface area contributed by atoms with Crippen molar-refractivity contribution < 1.29 is 9.18 Å². The number of hydrogen-bond donors (Lipinski definition) is 2. The highest BCUT2D eigenvalue weighted by molar-refractivity contribution is 6.30. The lowest BCUT2D eigenvalue weighted by molar-refractivity contribution is 0.251. The van der Waals surface area contributed by atoms with Crippen LogP contribution in [0.3, 0.4) is 0 Å². The fraction of sp³-hybridized carbons (Fsp3) is 0.0714. The molecule has 0 saturated heterocycles. The molecule has 3 nitrogen and oxygen atoms in total. The van der Waals surface area contributed by atoms with E-state index in [-0.39, 0.29) is 18.4 Å². The lowest BCUT2D eigenvalue weighted by Gasteiger charge is -2.07. The molecule has 2 rings (SSSR count). The molecule has 0 spiro atoms. The summed E-state index contributed by atoms with van der Waals surface area (Å²) in [6, 6.07) is 12.5. The molecule has 2 N–H and O–H groups in total. The molecule has 98 valence electrons. The number of hydrogen-bond acceptors (Lipinski definition) is 1. The third-order valence-corrected chi connectivity index (χ3v) is 2.70. The molecule has 0 aromatic heterocycles. The molecular weight excluding hydrogens is 267 g/mol. The summed E-state index contributed by atoms with van der Waals surface area (Å²) in [6.45, 7) is 0.261. The molecule has 0 aliphatic carbocycles. The van der Waals surface area contributed by atoms with Crippen LogP contribution in [-0.4, -0.2) is 6.03 Å². The molecule has 0 heterocycles. The normalized spacial score (nSPS) is 10.0.